The van der Waals surface area contributed by atoms with Crippen LogP contribution in [0.25, 0.3) is 0 Å². The number of piperidine rings is 1. The molecule has 2 rings (SSSR count). The van der Waals surface area contributed by atoms with Crippen LogP contribution in [0.15, 0.2) is 10.9 Å². The molecule has 1 aromatic rings. The second-order valence-electron chi connectivity index (χ2n) is 4.55. The maximum atomic E-state index is 9.47. The Balaban J connectivity index is 1.93. The Morgan fingerprint density at radius 3 is 3.19 bits per heavy atom. The summed E-state index contributed by atoms with van der Waals surface area (Å²) in [5, 5.41) is 13.3. The van der Waals surface area contributed by atoms with Crippen LogP contribution in [-0.4, -0.2) is 38.8 Å². The molecule has 0 saturated carbocycles. The standard InChI is InChI=1S/C11H19N3O2/c1-9(15)6-10-4-2-3-5-14(10)7-11-12-8-16-13-11/h8-10,15H,2-7H2,1H3. The van der Waals surface area contributed by atoms with Gasteiger partial charge >= 0.3 is 0 Å². The van der Waals surface area contributed by atoms with Gasteiger partial charge in [0.05, 0.1) is 12.6 Å². The molecule has 2 unspecified atom stereocenters. The van der Waals surface area contributed by atoms with Crippen LogP contribution in [0.5, 0.6) is 0 Å². The largest absolute Gasteiger partial charge is 0.393 e. The molecular formula is C11H19N3O2. The zero-order valence-electron chi connectivity index (χ0n) is 9.67. The fraction of sp³-hybridized carbons (Fsp3) is 0.818. The van der Waals surface area contributed by atoms with Gasteiger partial charge in [0.2, 0.25) is 6.39 Å². The topological polar surface area (TPSA) is 62.4 Å². The van der Waals surface area contributed by atoms with E-state index in [1.54, 1.807) is 0 Å². The number of hydrogen-bond acceptors (Lipinski definition) is 5. The maximum Gasteiger partial charge on any atom is 0.213 e. The van der Waals surface area contributed by atoms with Crippen molar-refractivity contribution in [3.8, 4) is 0 Å². The Morgan fingerprint density at radius 1 is 1.62 bits per heavy atom. The highest BCUT2D eigenvalue weighted by atomic mass is 16.5. The minimum absolute atomic E-state index is 0.240. The quantitative estimate of drug-likeness (QED) is 0.834. The number of rotatable bonds is 4. The number of aromatic nitrogens is 2. The summed E-state index contributed by atoms with van der Waals surface area (Å²) in [4.78, 5) is 6.39. The smallest absolute Gasteiger partial charge is 0.213 e. The maximum absolute atomic E-state index is 9.47. The first-order chi connectivity index (χ1) is 7.75. The van der Waals surface area contributed by atoms with E-state index in [1.807, 2.05) is 6.92 Å². The van der Waals surface area contributed by atoms with Crippen molar-refractivity contribution in [3.63, 3.8) is 0 Å². The van der Waals surface area contributed by atoms with Crippen LogP contribution in [0.3, 0.4) is 0 Å². The molecule has 16 heavy (non-hydrogen) atoms. The number of likely N-dealkylation sites (tertiary alicyclic amines) is 1. The molecule has 1 aliphatic rings. The van der Waals surface area contributed by atoms with Crippen LogP contribution in [-0.2, 0) is 6.54 Å². The fourth-order valence-corrected chi connectivity index (χ4v) is 2.37. The van der Waals surface area contributed by atoms with Crippen molar-refractivity contribution >= 4 is 0 Å². The van der Waals surface area contributed by atoms with Crippen LogP contribution < -0.4 is 0 Å². The van der Waals surface area contributed by atoms with Crippen LogP contribution in [0.2, 0.25) is 0 Å². The van der Waals surface area contributed by atoms with Crippen molar-refractivity contribution in [1.29, 1.82) is 0 Å². The molecule has 1 fully saturated rings. The Morgan fingerprint density at radius 2 is 2.50 bits per heavy atom. The van der Waals surface area contributed by atoms with E-state index in [2.05, 4.69) is 15.0 Å². The molecule has 2 atom stereocenters. The predicted molar refractivity (Wildman–Crippen MR) is 58.6 cm³/mol. The first-order valence-electron chi connectivity index (χ1n) is 5.93. The lowest BCUT2D eigenvalue weighted by Crippen LogP contribution is -2.40. The van der Waals surface area contributed by atoms with Gasteiger partial charge in [-0.25, -0.2) is 0 Å². The summed E-state index contributed by atoms with van der Waals surface area (Å²) in [7, 11) is 0. The van der Waals surface area contributed by atoms with E-state index in [0.717, 1.165) is 31.8 Å². The van der Waals surface area contributed by atoms with Gasteiger partial charge in [-0.3, -0.25) is 4.90 Å². The van der Waals surface area contributed by atoms with Gasteiger partial charge in [-0.05, 0) is 32.7 Å². The van der Waals surface area contributed by atoms with E-state index in [4.69, 9.17) is 4.52 Å². The van der Waals surface area contributed by atoms with Gasteiger partial charge in [-0.1, -0.05) is 11.6 Å². The lowest BCUT2D eigenvalue weighted by Gasteiger charge is -2.35. The highest BCUT2D eigenvalue weighted by Crippen LogP contribution is 2.22. The summed E-state index contributed by atoms with van der Waals surface area (Å²) >= 11 is 0. The van der Waals surface area contributed by atoms with Gasteiger partial charge in [0.15, 0.2) is 5.82 Å². The molecule has 2 heterocycles. The molecule has 0 radical (unpaired) electrons. The van der Waals surface area contributed by atoms with Gasteiger partial charge in [0.25, 0.3) is 0 Å². The number of aliphatic hydroxyl groups is 1. The minimum Gasteiger partial charge on any atom is -0.393 e. The first kappa shape index (κ1) is 11.5. The molecule has 0 aliphatic carbocycles. The summed E-state index contributed by atoms with van der Waals surface area (Å²) in [6.45, 7) is 3.64. The molecule has 5 heteroatoms. The van der Waals surface area contributed by atoms with Gasteiger partial charge in [0, 0.05) is 6.04 Å². The summed E-state index contributed by atoms with van der Waals surface area (Å²) < 4.78 is 4.74. The molecule has 1 aliphatic heterocycles. The van der Waals surface area contributed by atoms with Crippen LogP contribution >= 0.6 is 0 Å². The molecule has 0 spiro atoms. The molecule has 5 nitrogen and oxygen atoms in total. The first-order valence-corrected chi connectivity index (χ1v) is 5.93. The van der Waals surface area contributed by atoms with E-state index in [0.29, 0.717) is 6.04 Å². The molecule has 0 bridgehead atoms. The second kappa shape index (κ2) is 5.41. The van der Waals surface area contributed by atoms with Gasteiger partial charge in [0.1, 0.15) is 0 Å². The Hall–Kier alpha value is -0.940. The van der Waals surface area contributed by atoms with E-state index < -0.39 is 0 Å². The Labute approximate surface area is 95.4 Å². The lowest BCUT2D eigenvalue weighted by atomic mass is 9.97. The molecule has 0 aromatic carbocycles. The van der Waals surface area contributed by atoms with Crippen molar-refractivity contribution in [2.75, 3.05) is 6.54 Å². The third kappa shape index (κ3) is 3.02. The molecule has 1 N–H and O–H groups in total. The number of aliphatic hydroxyl groups excluding tert-OH is 1. The van der Waals surface area contributed by atoms with Crippen molar-refractivity contribution in [2.24, 2.45) is 0 Å². The average molecular weight is 225 g/mol. The van der Waals surface area contributed by atoms with E-state index in [1.165, 1.54) is 19.2 Å². The molecule has 1 saturated heterocycles. The fourth-order valence-electron chi connectivity index (χ4n) is 2.37. The summed E-state index contributed by atoms with van der Waals surface area (Å²) in [6.07, 6.45) is 5.58. The number of hydrogen-bond donors (Lipinski definition) is 1. The predicted octanol–water partition coefficient (Wildman–Crippen LogP) is 1.20. The summed E-state index contributed by atoms with van der Waals surface area (Å²) in [6, 6.07) is 0.451. The molecule has 1 aromatic heterocycles. The van der Waals surface area contributed by atoms with Crippen molar-refractivity contribution in [1.82, 2.24) is 15.0 Å². The van der Waals surface area contributed by atoms with Crippen molar-refractivity contribution < 1.29 is 9.63 Å². The third-order valence-corrected chi connectivity index (χ3v) is 3.11. The number of nitrogens with zero attached hydrogens (tertiary/aromatic N) is 3. The van der Waals surface area contributed by atoms with Gasteiger partial charge < -0.3 is 9.63 Å². The van der Waals surface area contributed by atoms with Crippen LogP contribution in [0.1, 0.15) is 38.4 Å². The third-order valence-electron chi connectivity index (χ3n) is 3.11. The summed E-state index contributed by atoms with van der Waals surface area (Å²) in [5.41, 5.74) is 0. The molecule has 0 amide bonds. The summed E-state index contributed by atoms with van der Waals surface area (Å²) in [5.74, 6) is 0.734. The van der Waals surface area contributed by atoms with Crippen molar-refractivity contribution in [2.45, 2.75) is 51.3 Å². The van der Waals surface area contributed by atoms with Gasteiger partial charge in [-0.15, -0.1) is 0 Å². The van der Waals surface area contributed by atoms with Crippen LogP contribution in [0.4, 0.5) is 0 Å². The Kier molecular flexibility index (Phi) is 3.90. The second-order valence-corrected chi connectivity index (χ2v) is 4.55. The van der Waals surface area contributed by atoms with E-state index in [-0.39, 0.29) is 6.10 Å². The highest BCUT2D eigenvalue weighted by Gasteiger charge is 2.24. The van der Waals surface area contributed by atoms with Gasteiger partial charge in [-0.2, -0.15) is 4.98 Å². The van der Waals surface area contributed by atoms with Crippen LogP contribution in [0, 0.1) is 0 Å². The zero-order chi connectivity index (χ0) is 11.4. The Bertz CT molecular complexity index is 300. The van der Waals surface area contributed by atoms with E-state index >= 15 is 0 Å². The molecular weight excluding hydrogens is 206 g/mol. The SMILES string of the molecule is CC(O)CC1CCCCN1Cc1ncon1. The lowest BCUT2D eigenvalue weighted by molar-refractivity contribution is 0.0794. The average Bonchev–Trinajstić information content (AvgIpc) is 2.73. The van der Waals surface area contributed by atoms with E-state index in [9.17, 15) is 5.11 Å². The normalized spacial score (nSPS) is 24.5. The zero-order valence-corrected chi connectivity index (χ0v) is 9.67. The molecule has 90 valence electrons. The minimum atomic E-state index is -0.240. The highest BCUT2D eigenvalue weighted by molar-refractivity contribution is 4.84. The monoisotopic (exact) mass is 225 g/mol. The van der Waals surface area contributed by atoms with Crippen molar-refractivity contribution in [3.05, 3.63) is 12.2 Å².